The number of hydrogen-bond donors (Lipinski definition) is 0. The first-order chi connectivity index (χ1) is 13.6. The Kier molecular flexibility index (Phi) is 4.98. The predicted octanol–water partition coefficient (Wildman–Crippen LogP) is 4.33. The normalized spacial score (nSPS) is 13.8. The van der Waals surface area contributed by atoms with Crippen LogP contribution in [0.5, 0.6) is 5.75 Å². The van der Waals surface area contributed by atoms with Crippen molar-refractivity contribution in [1.29, 1.82) is 0 Å². The lowest BCUT2D eigenvalue weighted by Gasteiger charge is -2.15. The molecule has 0 bridgehead atoms. The van der Waals surface area contributed by atoms with E-state index in [1.807, 2.05) is 36.4 Å². The van der Waals surface area contributed by atoms with E-state index in [-0.39, 0.29) is 18.5 Å². The van der Waals surface area contributed by atoms with Crippen molar-refractivity contribution >= 4 is 28.3 Å². The Hall–Kier alpha value is -3.34. The maximum absolute atomic E-state index is 12.3. The Morgan fingerprint density at radius 1 is 1.00 bits per heavy atom. The fraction of sp³-hybridized carbons (Fsp3) is 0.217. The van der Waals surface area contributed by atoms with Gasteiger partial charge < -0.3 is 14.4 Å². The number of hydrogen-bond acceptors (Lipinski definition) is 4. The standard InChI is InChI=1S/C23H21NO4/c1-27-21-11-8-18-13-16(4-5-19(18)14-21)15-28-23(26)17-6-9-20(10-7-17)24-12-2-3-22(24)25/h4-11,13-14H,2-3,12,15H2,1H3. The molecular formula is C23H21NO4. The van der Waals surface area contributed by atoms with Gasteiger partial charge in [-0.15, -0.1) is 0 Å². The number of benzene rings is 3. The summed E-state index contributed by atoms with van der Waals surface area (Å²) in [4.78, 5) is 25.9. The van der Waals surface area contributed by atoms with Crippen LogP contribution in [0.1, 0.15) is 28.8 Å². The zero-order chi connectivity index (χ0) is 19.5. The third kappa shape index (κ3) is 3.69. The summed E-state index contributed by atoms with van der Waals surface area (Å²) in [6, 6.07) is 18.8. The molecule has 0 spiro atoms. The van der Waals surface area contributed by atoms with Crippen LogP contribution in [0.25, 0.3) is 10.8 Å². The molecule has 4 rings (SSSR count). The number of methoxy groups -OCH3 is 1. The maximum Gasteiger partial charge on any atom is 0.338 e. The largest absolute Gasteiger partial charge is 0.497 e. The van der Waals surface area contributed by atoms with Crippen molar-refractivity contribution in [3.05, 3.63) is 71.8 Å². The fourth-order valence-electron chi connectivity index (χ4n) is 3.42. The molecule has 0 unspecified atom stereocenters. The summed E-state index contributed by atoms with van der Waals surface area (Å²) >= 11 is 0. The van der Waals surface area contributed by atoms with Crippen LogP contribution in [0.2, 0.25) is 0 Å². The van der Waals surface area contributed by atoms with Crippen LogP contribution in [0, 0.1) is 0 Å². The second kappa shape index (κ2) is 7.72. The van der Waals surface area contributed by atoms with Crippen LogP contribution in [-0.4, -0.2) is 25.5 Å². The van der Waals surface area contributed by atoms with E-state index < -0.39 is 0 Å². The van der Waals surface area contributed by atoms with Gasteiger partial charge in [0.15, 0.2) is 0 Å². The Labute approximate surface area is 163 Å². The van der Waals surface area contributed by atoms with Gasteiger partial charge in [-0.05, 0) is 65.2 Å². The molecule has 0 saturated carbocycles. The highest BCUT2D eigenvalue weighted by atomic mass is 16.5. The molecule has 5 nitrogen and oxygen atoms in total. The molecule has 1 amide bonds. The number of fused-ring (bicyclic) bond motifs is 1. The lowest BCUT2D eigenvalue weighted by molar-refractivity contribution is -0.117. The van der Waals surface area contributed by atoms with Crippen molar-refractivity contribution in [2.24, 2.45) is 0 Å². The molecular weight excluding hydrogens is 354 g/mol. The number of amides is 1. The number of ether oxygens (including phenoxy) is 2. The minimum atomic E-state index is -0.380. The summed E-state index contributed by atoms with van der Waals surface area (Å²) in [5, 5.41) is 2.13. The van der Waals surface area contributed by atoms with Crippen molar-refractivity contribution in [3.8, 4) is 5.75 Å². The van der Waals surface area contributed by atoms with Crippen LogP contribution in [0.3, 0.4) is 0 Å². The SMILES string of the molecule is COc1ccc2cc(COC(=O)c3ccc(N4CCCC4=O)cc3)ccc2c1. The number of esters is 1. The van der Waals surface area contributed by atoms with Crippen LogP contribution in [0.4, 0.5) is 5.69 Å². The van der Waals surface area contributed by atoms with Gasteiger partial charge in [0.2, 0.25) is 5.91 Å². The van der Waals surface area contributed by atoms with Gasteiger partial charge in [0.05, 0.1) is 12.7 Å². The van der Waals surface area contributed by atoms with Gasteiger partial charge in [0.25, 0.3) is 0 Å². The van der Waals surface area contributed by atoms with E-state index in [1.165, 1.54) is 0 Å². The van der Waals surface area contributed by atoms with Crippen molar-refractivity contribution in [1.82, 2.24) is 0 Å². The van der Waals surface area contributed by atoms with Crippen LogP contribution < -0.4 is 9.64 Å². The molecule has 0 radical (unpaired) electrons. The first kappa shape index (κ1) is 18.0. The second-order valence-corrected chi connectivity index (χ2v) is 6.82. The van der Waals surface area contributed by atoms with Crippen molar-refractivity contribution in [2.75, 3.05) is 18.6 Å². The molecule has 3 aromatic carbocycles. The quantitative estimate of drug-likeness (QED) is 0.623. The molecule has 1 saturated heterocycles. The van der Waals surface area contributed by atoms with E-state index in [0.717, 1.165) is 40.7 Å². The molecule has 142 valence electrons. The Morgan fingerprint density at radius 3 is 2.46 bits per heavy atom. The summed E-state index contributed by atoms with van der Waals surface area (Å²) in [6.07, 6.45) is 1.46. The highest BCUT2D eigenvalue weighted by Crippen LogP contribution is 2.23. The summed E-state index contributed by atoms with van der Waals surface area (Å²) in [5.41, 5.74) is 2.22. The van der Waals surface area contributed by atoms with Crippen molar-refractivity contribution < 1.29 is 19.1 Å². The van der Waals surface area contributed by atoms with Crippen LogP contribution >= 0.6 is 0 Å². The summed E-state index contributed by atoms with van der Waals surface area (Å²) in [6.45, 7) is 0.934. The number of nitrogens with zero attached hydrogens (tertiary/aromatic N) is 1. The first-order valence-corrected chi connectivity index (χ1v) is 9.28. The molecule has 1 aliphatic heterocycles. The van der Waals surface area contributed by atoms with Gasteiger partial charge >= 0.3 is 5.97 Å². The van der Waals surface area contributed by atoms with E-state index in [4.69, 9.17) is 9.47 Å². The fourth-order valence-corrected chi connectivity index (χ4v) is 3.42. The summed E-state index contributed by atoms with van der Waals surface area (Å²) < 4.78 is 10.7. The predicted molar refractivity (Wildman–Crippen MR) is 108 cm³/mol. The average molecular weight is 375 g/mol. The molecule has 1 fully saturated rings. The van der Waals surface area contributed by atoms with Gasteiger partial charge in [-0.2, -0.15) is 0 Å². The molecule has 5 heteroatoms. The average Bonchev–Trinajstić information content (AvgIpc) is 3.17. The maximum atomic E-state index is 12.3. The third-order valence-electron chi connectivity index (χ3n) is 4.97. The molecule has 0 N–H and O–H groups in total. The zero-order valence-corrected chi connectivity index (χ0v) is 15.7. The van der Waals surface area contributed by atoms with E-state index >= 15 is 0 Å². The second-order valence-electron chi connectivity index (χ2n) is 6.82. The van der Waals surface area contributed by atoms with Crippen LogP contribution in [-0.2, 0) is 16.1 Å². The van der Waals surface area contributed by atoms with Crippen molar-refractivity contribution in [2.45, 2.75) is 19.4 Å². The van der Waals surface area contributed by atoms with Crippen molar-refractivity contribution in [3.63, 3.8) is 0 Å². The summed E-state index contributed by atoms with van der Waals surface area (Å²) in [7, 11) is 1.64. The Balaban J connectivity index is 1.41. The smallest absolute Gasteiger partial charge is 0.338 e. The highest BCUT2D eigenvalue weighted by Gasteiger charge is 2.21. The topological polar surface area (TPSA) is 55.8 Å². The lowest BCUT2D eigenvalue weighted by atomic mass is 10.1. The highest BCUT2D eigenvalue weighted by molar-refractivity contribution is 5.96. The molecule has 3 aromatic rings. The first-order valence-electron chi connectivity index (χ1n) is 9.28. The van der Waals surface area contributed by atoms with Gasteiger partial charge in [-0.25, -0.2) is 4.79 Å². The Morgan fingerprint density at radius 2 is 1.75 bits per heavy atom. The molecule has 1 aliphatic rings. The van der Waals surface area contributed by atoms with Gasteiger partial charge in [-0.1, -0.05) is 18.2 Å². The number of rotatable bonds is 5. The lowest BCUT2D eigenvalue weighted by Crippen LogP contribution is -2.23. The third-order valence-corrected chi connectivity index (χ3v) is 4.97. The van der Waals surface area contributed by atoms with E-state index in [1.54, 1.807) is 36.3 Å². The van der Waals surface area contributed by atoms with E-state index in [9.17, 15) is 9.59 Å². The summed E-state index contributed by atoms with van der Waals surface area (Å²) in [5.74, 6) is 0.559. The van der Waals surface area contributed by atoms with Gasteiger partial charge in [-0.3, -0.25) is 4.79 Å². The van der Waals surface area contributed by atoms with E-state index in [2.05, 4.69) is 0 Å². The number of anilines is 1. The number of carbonyl (C=O) groups is 2. The Bertz CT molecular complexity index is 1030. The molecule has 0 aromatic heterocycles. The zero-order valence-electron chi connectivity index (χ0n) is 15.7. The molecule has 1 heterocycles. The molecule has 0 aliphatic carbocycles. The van der Waals surface area contributed by atoms with Crippen LogP contribution in [0.15, 0.2) is 60.7 Å². The monoisotopic (exact) mass is 375 g/mol. The van der Waals surface area contributed by atoms with Gasteiger partial charge in [0, 0.05) is 18.7 Å². The van der Waals surface area contributed by atoms with E-state index in [0.29, 0.717) is 12.0 Å². The number of carbonyl (C=O) groups excluding carboxylic acids is 2. The minimum Gasteiger partial charge on any atom is -0.497 e. The minimum absolute atomic E-state index is 0.129. The molecule has 0 atom stereocenters. The van der Waals surface area contributed by atoms with Gasteiger partial charge in [0.1, 0.15) is 12.4 Å². The molecule has 28 heavy (non-hydrogen) atoms.